The molecule has 4 nitrogen and oxygen atoms in total. The second kappa shape index (κ2) is 11.9. The Labute approximate surface area is 205 Å². The van der Waals surface area contributed by atoms with Crippen LogP contribution < -0.4 is 4.74 Å². The Kier molecular flexibility index (Phi) is 10.3. The zero-order valence-corrected chi connectivity index (χ0v) is 22.3. The van der Waals surface area contributed by atoms with Gasteiger partial charge >= 0.3 is 0 Å². The van der Waals surface area contributed by atoms with Crippen molar-refractivity contribution >= 4 is 16.7 Å². The maximum absolute atomic E-state index is 10.0. The molecule has 3 aromatic rings. The van der Waals surface area contributed by atoms with E-state index in [0.29, 0.717) is 0 Å². The Morgan fingerprint density at radius 1 is 1.16 bits per heavy atom. The van der Waals surface area contributed by atoms with Crippen LogP contribution in [0.3, 0.4) is 0 Å². The van der Waals surface area contributed by atoms with E-state index in [1.54, 1.807) is 7.11 Å². The molecule has 1 N–H and O–H groups in total. The van der Waals surface area contributed by atoms with E-state index in [0.717, 1.165) is 34.3 Å². The molecule has 3 rings (SSSR count). The normalized spacial score (nSPS) is 11.3. The number of rotatable bonds is 4. The molecule has 1 aromatic heterocycles. The Hall–Kier alpha value is -2.49. The predicted octanol–water partition coefficient (Wildman–Crippen LogP) is 6.61. The van der Waals surface area contributed by atoms with Crippen molar-refractivity contribution in [1.29, 1.82) is 0 Å². The zero-order chi connectivity index (χ0) is 23.2. The van der Waals surface area contributed by atoms with Crippen molar-refractivity contribution in [1.82, 2.24) is 4.98 Å². The number of hydrogen-bond donors (Lipinski definition) is 1. The molecule has 173 valence electrons. The minimum Gasteiger partial charge on any atom is -0.512 e. The second-order valence-corrected chi connectivity index (χ2v) is 8.55. The molecule has 1 heterocycles. The maximum Gasteiger partial charge on any atom is 0.155 e. The first-order chi connectivity index (χ1) is 14.5. The van der Waals surface area contributed by atoms with Crippen molar-refractivity contribution in [3.8, 4) is 17.0 Å². The average Bonchev–Trinajstić information content (AvgIpc) is 2.71. The van der Waals surface area contributed by atoms with Crippen LogP contribution in [0.15, 0.2) is 54.3 Å². The van der Waals surface area contributed by atoms with Crippen molar-refractivity contribution < 1.29 is 34.7 Å². The van der Waals surface area contributed by atoms with Crippen LogP contribution in [0.4, 0.5) is 0 Å². The molecule has 0 aliphatic carbocycles. The van der Waals surface area contributed by atoms with Gasteiger partial charge in [0.1, 0.15) is 5.75 Å². The summed E-state index contributed by atoms with van der Waals surface area (Å²) in [6.07, 6.45) is 2.10. The monoisotopic (exact) mass is 611 g/mol. The van der Waals surface area contributed by atoms with E-state index in [9.17, 15) is 4.79 Å². The third-order valence-electron chi connectivity index (χ3n) is 4.82. The maximum atomic E-state index is 10.0. The second-order valence-electron chi connectivity index (χ2n) is 8.55. The molecule has 0 unspecified atom stereocenters. The van der Waals surface area contributed by atoms with Crippen LogP contribution in [0.2, 0.25) is 0 Å². The van der Waals surface area contributed by atoms with Gasteiger partial charge in [0.25, 0.3) is 0 Å². The molecule has 5 heteroatoms. The summed E-state index contributed by atoms with van der Waals surface area (Å²) in [6, 6.07) is 18.0. The van der Waals surface area contributed by atoms with Gasteiger partial charge in [-0.1, -0.05) is 39.3 Å². The third-order valence-corrected chi connectivity index (χ3v) is 4.82. The van der Waals surface area contributed by atoms with Crippen LogP contribution in [0, 0.1) is 6.07 Å². The molecular weight excluding hydrogens is 579 g/mol. The number of aromatic nitrogens is 1. The molecule has 0 bridgehead atoms. The summed E-state index contributed by atoms with van der Waals surface area (Å²) < 4.78 is 5.33. The summed E-state index contributed by atoms with van der Waals surface area (Å²) in [6.45, 7) is 11.7. The summed E-state index contributed by atoms with van der Waals surface area (Å²) in [4.78, 5) is 14.9. The van der Waals surface area contributed by atoms with Crippen LogP contribution in [-0.4, -0.2) is 23.0 Å². The Morgan fingerprint density at radius 2 is 1.84 bits per heavy atom. The number of ether oxygens (including phenoxy) is 1. The van der Waals surface area contributed by atoms with Crippen LogP contribution in [0.1, 0.15) is 52.7 Å². The largest absolute Gasteiger partial charge is 0.512 e. The third kappa shape index (κ3) is 7.58. The number of aliphatic hydroxyl groups is 1. The summed E-state index contributed by atoms with van der Waals surface area (Å²) >= 11 is 0. The minimum atomic E-state index is -0.125. The van der Waals surface area contributed by atoms with Gasteiger partial charge in [0.2, 0.25) is 0 Å². The number of aliphatic hydroxyl groups excluding tert-OH is 1. The molecular formula is C27H32IrNO3-. The fourth-order valence-corrected chi connectivity index (χ4v) is 3.19. The predicted molar refractivity (Wildman–Crippen MR) is 128 cm³/mol. The van der Waals surface area contributed by atoms with Crippen LogP contribution >= 0.6 is 0 Å². The van der Waals surface area contributed by atoms with E-state index in [2.05, 4.69) is 52.0 Å². The zero-order valence-electron chi connectivity index (χ0n) is 19.9. The van der Waals surface area contributed by atoms with E-state index < -0.39 is 0 Å². The van der Waals surface area contributed by atoms with E-state index in [1.807, 2.05) is 24.3 Å². The average molecular weight is 611 g/mol. The Morgan fingerprint density at radius 3 is 2.34 bits per heavy atom. The topological polar surface area (TPSA) is 59.4 Å². The van der Waals surface area contributed by atoms with E-state index in [4.69, 9.17) is 14.8 Å². The number of aryl methyl sites for hydroxylation is 1. The summed E-state index contributed by atoms with van der Waals surface area (Å²) in [5.41, 5.74) is 5.73. The van der Waals surface area contributed by atoms with Gasteiger partial charge in [0.15, 0.2) is 5.78 Å². The van der Waals surface area contributed by atoms with Crippen LogP contribution in [-0.2, 0) is 36.7 Å². The first-order valence-electron chi connectivity index (χ1n) is 10.4. The molecule has 0 amide bonds. The quantitative estimate of drug-likeness (QED) is 0.205. The first kappa shape index (κ1) is 27.5. The van der Waals surface area contributed by atoms with E-state index in [1.165, 1.54) is 31.1 Å². The fourth-order valence-electron chi connectivity index (χ4n) is 3.19. The molecule has 0 atom stereocenters. The first-order valence-corrected chi connectivity index (χ1v) is 10.4. The number of nitrogens with zero attached hydrogens (tertiary/aromatic N) is 1. The van der Waals surface area contributed by atoms with Crippen molar-refractivity contribution in [2.45, 2.75) is 53.4 Å². The number of ketones is 1. The molecule has 0 saturated heterocycles. The SMILES string of the molecule is CC(=O)/C=C(/C)O.CCc1cc2cc(OC)ccc2nc1-c1[c-]ccc(C(C)(C)C)c1.[Ir]. The summed E-state index contributed by atoms with van der Waals surface area (Å²) in [7, 11) is 1.69. The number of methoxy groups -OCH3 is 1. The number of carbonyl (C=O) groups is 1. The number of benzene rings is 2. The molecule has 0 saturated carbocycles. The van der Waals surface area contributed by atoms with Crippen LogP contribution in [0.5, 0.6) is 5.75 Å². The van der Waals surface area contributed by atoms with Gasteiger partial charge in [0, 0.05) is 31.6 Å². The molecule has 2 aromatic carbocycles. The number of carbonyl (C=O) groups excluding carboxylic acids is 1. The summed E-state index contributed by atoms with van der Waals surface area (Å²) in [5, 5.41) is 9.48. The van der Waals surface area contributed by atoms with Gasteiger partial charge < -0.3 is 9.84 Å². The van der Waals surface area contributed by atoms with Crippen molar-refractivity contribution in [2.75, 3.05) is 7.11 Å². The Balaban J connectivity index is 0.000000558. The van der Waals surface area contributed by atoms with Crippen LogP contribution in [0.25, 0.3) is 22.2 Å². The van der Waals surface area contributed by atoms with E-state index >= 15 is 0 Å². The van der Waals surface area contributed by atoms with Gasteiger partial charge in [-0.15, -0.1) is 35.4 Å². The molecule has 0 fully saturated rings. The van der Waals surface area contributed by atoms with Gasteiger partial charge in [-0.05, 0) is 49.6 Å². The van der Waals surface area contributed by atoms with Crippen molar-refractivity contribution in [2.24, 2.45) is 0 Å². The van der Waals surface area contributed by atoms with Gasteiger partial charge in [-0.3, -0.25) is 9.78 Å². The molecule has 0 aliphatic rings. The number of pyridine rings is 1. The Bertz CT molecular complexity index is 1090. The smallest absolute Gasteiger partial charge is 0.155 e. The van der Waals surface area contributed by atoms with Crippen molar-refractivity contribution in [3.05, 3.63) is 71.5 Å². The van der Waals surface area contributed by atoms with Gasteiger partial charge in [-0.25, -0.2) is 0 Å². The van der Waals surface area contributed by atoms with Gasteiger partial charge in [-0.2, -0.15) is 0 Å². The fraction of sp³-hybridized carbons (Fsp3) is 0.333. The molecule has 0 aliphatic heterocycles. The number of hydrogen-bond acceptors (Lipinski definition) is 4. The summed E-state index contributed by atoms with van der Waals surface area (Å²) in [5.74, 6) is 0.799. The standard InChI is InChI=1S/C22H24NO.C5H8O2.Ir/c1-6-15-12-17-14-19(24-5)10-11-20(17)23-21(15)16-8-7-9-18(13-16)22(2,3)4;1-4(6)3-5(2)7;/h7,9-14H,6H2,1-5H3;3,6H,1-2H3;/q-1;;/b;4-3-;. The van der Waals surface area contributed by atoms with Crippen molar-refractivity contribution in [3.63, 3.8) is 0 Å². The number of fused-ring (bicyclic) bond motifs is 1. The minimum absolute atomic E-state index is 0. The van der Waals surface area contributed by atoms with Gasteiger partial charge in [0.05, 0.1) is 18.4 Å². The molecule has 1 radical (unpaired) electrons. The van der Waals surface area contributed by atoms with E-state index in [-0.39, 0.29) is 37.1 Å². The molecule has 0 spiro atoms. The molecule has 32 heavy (non-hydrogen) atoms. The number of allylic oxidation sites excluding steroid dienone is 2.